The number of hydrogen-bond acceptors (Lipinski definition) is 14. The largest absolute Gasteiger partial charge is 0.500 e. The molecule has 1 unspecified atom stereocenters. The molecular formula is C24H26N2O12. The Kier molecular flexibility index (Phi) is 8.45. The number of carbonyl (C=O) groups is 4. The third kappa shape index (κ3) is 4.67. The molecule has 0 amide bonds. The zero-order chi connectivity index (χ0) is 28.1. The number of ether oxygens (including phenoxy) is 8. The summed E-state index contributed by atoms with van der Waals surface area (Å²) in [6.45, 7) is -0.343. The fourth-order valence-corrected chi connectivity index (χ4v) is 3.91. The summed E-state index contributed by atoms with van der Waals surface area (Å²) >= 11 is 0. The summed E-state index contributed by atoms with van der Waals surface area (Å²) in [7, 11) is 8.45. The number of hydrogen-bond donors (Lipinski definition) is 0. The number of methoxy groups -OCH3 is 7. The molecule has 0 aromatic heterocycles. The molecule has 38 heavy (non-hydrogen) atoms. The molecule has 0 radical (unpaired) electrons. The predicted octanol–water partition coefficient (Wildman–Crippen LogP) is 1.19. The lowest BCUT2D eigenvalue weighted by molar-refractivity contribution is -0.143. The Labute approximate surface area is 217 Å². The summed E-state index contributed by atoms with van der Waals surface area (Å²) in [5.74, 6) is -5.20. The lowest BCUT2D eigenvalue weighted by Crippen LogP contribution is -2.41. The molecule has 0 saturated carbocycles. The van der Waals surface area contributed by atoms with E-state index in [2.05, 4.69) is 4.99 Å². The van der Waals surface area contributed by atoms with Gasteiger partial charge in [0.1, 0.15) is 39.7 Å². The minimum atomic E-state index is -1.38. The van der Waals surface area contributed by atoms with E-state index in [-0.39, 0.29) is 58.1 Å². The van der Waals surface area contributed by atoms with Crippen LogP contribution in [0.1, 0.15) is 20.7 Å². The maximum atomic E-state index is 13.1. The van der Waals surface area contributed by atoms with Crippen LogP contribution in [0.25, 0.3) is 0 Å². The number of fused-ring (bicyclic) bond motifs is 1. The van der Waals surface area contributed by atoms with Crippen molar-refractivity contribution >= 4 is 35.4 Å². The van der Waals surface area contributed by atoms with Gasteiger partial charge in [-0.3, -0.25) is 9.69 Å². The molecule has 2 aliphatic rings. The van der Waals surface area contributed by atoms with Crippen molar-refractivity contribution < 1.29 is 57.1 Å². The molecule has 0 N–H and O–H groups in total. The molecule has 1 aromatic rings. The Balaban J connectivity index is 2.44. The fraction of sp³-hybridized carbons (Fsp3) is 0.375. The molecule has 0 saturated heterocycles. The smallest absolute Gasteiger partial charge is 0.343 e. The highest BCUT2D eigenvalue weighted by Crippen LogP contribution is 2.47. The predicted molar refractivity (Wildman–Crippen MR) is 128 cm³/mol. The van der Waals surface area contributed by atoms with Gasteiger partial charge in [0.05, 0.1) is 49.8 Å². The van der Waals surface area contributed by atoms with E-state index in [1.54, 1.807) is 0 Å². The van der Waals surface area contributed by atoms with Crippen LogP contribution in [0.5, 0.6) is 11.5 Å². The third-order valence-electron chi connectivity index (χ3n) is 5.66. The molecular weight excluding hydrogens is 508 g/mol. The fourth-order valence-electron chi connectivity index (χ4n) is 3.91. The lowest BCUT2D eigenvalue weighted by atomic mass is 10.0. The van der Waals surface area contributed by atoms with Crippen molar-refractivity contribution in [3.05, 3.63) is 40.5 Å². The van der Waals surface area contributed by atoms with E-state index in [4.69, 9.17) is 37.9 Å². The molecule has 3 rings (SSSR count). The number of nitrogens with zero attached hydrogens (tertiary/aromatic N) is 2. The van der Waals surface area contributed by atoms with Crippen molar-refractivity contribution in [2.24, 2.45) is 10.9 Å². The summed E-state index contributed by atoms with van der Waals surface area (Å²) in [4.78, 5) is 56.9. The minimum Gasteiger partial charge on any atom is -0.500 e. The van der Waals surface area contributed by atoms with E-state index in [0.717, 1.165) is 21.3 Å². The number of aliphatic imine (C=N–C) groups is 1. The number of amidine groups is 1. The van der Waals surface area contributed by atoms with Crippen LogP contribution >= 0.6 is 0 Å². The first-order chi connectivity index (χ1) is 18.2. The molecule has 1 atom stereocenters. The van der Waals surface area contributed by atoms with Crippen molar-refractivity contribution in [3.8, 4) is 11.5 Å². The summed E-state index contributed by atoms with van der Waals surface area (Å²) in [6.07, 6.45) is 1.23. The van der Waals surface area contributed by atoms with Gasteiger partial charge in [-0.25, -0.2) is 14.4 Å². The Bertz CT molecular complexity index is 1260. The first-order valence-corrected chi connectivity index (χ1v) is 10.8. The molecule has 0 aliphatic carbocycles. The highest BCUT2D eigenvalue weighted by molar-refractivity contribution is 6.17. The van der Waals surface area contributed by atoms with E-state index in [0.29, 0.717) is 0 Å². The highest BCUT2D eigenvalue weighted by atomic mass is 16.5. The lowest BCUT2D eigenvalue weighted by Gasteiger charge is -2.26. The van der Waals surface area contributed by atoms with Gasteiger partial charge in [-0.05, 0) is 12.1 Å². The molecule has 2 aliphatic heterocycles. The first-order valence-electron chi connectivity index (χ1n) is 10.8. The Morgan fingerprint density at radius 2 is 1.53 bits per heavy atom. The minimum absolute atomic E-state index is 0.0170. The number of rotatable bonds is 7. The zero-order valence-electron chi connectivity index (χ0n) is 21.7. The molecule has 0 fully saturated rings. The summed E-state index contributed by atoms with van der Waals surface area (Å²) in [5.41, 5.74) is -0.384. The number of benzene rings is 1. The number of esters is 4. The van der Waals surface area contributed by atoms with Crippen molar-refractivity contribution in [2.75, 3.05) is 61.4 Å². The molecule has 204 valence electrons. The Hall–Kier alpha value is -4.75. The monoisotopic (exact) mass is 534 g/mol. The Morgan fingerprint density at radius 1 is 0.868 bits per heavy atom. The van der Waals surface area contributed by atoms with Gasteiger partial charge in [0.2, 0.25) is 5.88 Å². The van der Waals surface area contributed by atoms with Gasteiger partial charge in [0.15, 0.2) is 18.4 Å². The maximum Gasteiger partial charge on any atom is 0.343 e. The highest BCUT2D eigenvalue weighted by Gasteiger charge is 2.44. The van der Waals surface area contributed by atoms with E-state index in [9.17, 15) is 19.2 Å². The first kappa shape index (κ1) is 27.8. The molecule has 14 nitrogen and oxygen atoms in total. The Morgan fingerprint density at radius 3 is 2.05 bits per heavy atom. The molecule has 1 aromatic carbocycles. The van der Waals surface area contributed by atoms with Gasteiger partial charge in [-0.2, -0.15) is 4.99 Å². The van der Waals surface area contributed by atoms with Crippen LogP contribution in [0.2, 0.25) is 0 Å². The average Bonchev–Trinajstić information content (AvgIpc) is 3.31. The second-order valence-electron chi connectivity index (χ2n) is 7.46. The zero-order valence-corrected chi connectivity index (χ0v) is 21.7. The second kappa shape index (κ2) is 11.5. The number of carbonyl (C=O) groups excluding carboxylic acids is 4. The van der Waals surface area contributed by atoms with Gasteiger partial charge < -0.3 is 37.9 Å². The van der Waals surface area contributed by atoms with Crippen LogP contribution in [0.15, 0.2) is 34.4 Å². The van der Waals surface area contributed by atoms with Gasteiger partial charge >= 0.3 is 23.9 Å². The van der Waals surface area contributed by atoms with Gasteiger partial charge in [0, 0.05) is 0 Å². The van der Waals surface area contributed by atoms with Crippen molar-refractivity contribution in [2.45, 2.75) is 0 Å². The van der Waals surface area contributed by atoms with E-state index >= 15 is 0 Å². The van der Waals surface area contributed by atoms with Crippen molar-refractivity contribution in [1.82, 2.24) is 0 Å². The summed E-state index contributed by atoms with van der Waals surface area (Å²) < 4.78 is 41.6. The normalized spacial score (nSPS) is 16.2. The van der Waals surface area contributed by atoms with E-state index < -0.39 is 29.8 Å². The SMILES string of the molecule is COC(=O)C1=C(OC)N=C(N2COc3c(C(=O)OC)cc(OC)c(C(=O)OC)c32)C(C(=O)OC)C(OC)=C1. The van der Waals surface area contributed by atoms with Crippen LogP contribution < -0.4 is 14.4 Å². The van der Waals surface area contributed by atoms with Crippen molar-refractivity contribution in [3.63, 3.8) is 0 Å². The van der Waals surface area contributed by atoms with Gasteiger partial charge in [0.25, 0.3) is 0 Å². The van der Waals surface area contributed by atoms with Crippen molar-refractivity contribution in [1.29, 1.82) is 0 Å². The van der Waals surface area contributed by atoms with Crippen LogP contribution in [-0.2, 0) is 38.0 Å². The molecule has 0 bridgehead atoms. The van der Waals surface area contributed by atoms with Crippen LogP contribution in [0, 0.1) is 5.92 Å². The maximum absolute atomic E-state index is 13.1. The van der Waals surface area contributed by atoms with Crippen LogP contribution in [-0.4, -0.2) is 86.2 Å². The van der Waals surface area contributed by atoms with E-state index in [1.807, 2.05) is 0 Å². The average molecular weight is 534 g/mol. The van der Waals surface area contributed by atoms with Gasteiger partial charge in [-0.15, -0.1) is 0 Å². The summed E-state index contributed by atoms with van der Waals surface area (Å²) in [6, 6.07) is 1.27. The van der Waals surface area contributed by atoms with E-state index in [1.165, 1.54) is 45.5 Å². The second-order valence-corrected chi connectivity index (χ2v) is 7.46. The molecule has 0 spiro atoms. The van der Waals surface area contributed by atoms with Crippen LogP contribution in [0.3, 0.4) is 0 Å². The quantitative estimate of drug-likeness (QED) is 0.363. The summed E-state index contributed by atoms with van der Waals surface area (Å²) in [5, 5.41) is 0. The topological polar surface area (TPSA) is 158 Å². The van der Waals surface area contributed by atoms with Crippen LogP contribution in [0.4, 0.5) is 5.69 Å². The van der Waals surface area contributed by atoms with Gasteiger partial charge in [-0.1, -0.05) is 0 Å². The number of anilines is 1. The molecule has 2 heterocycles. The molecule has 14 heteroatoms. The standard InChI is InChI=1S/C24H26N2O12/c1-31-13-8-11(21(27)34-4)18-17(15(13)23(29)36-6)26(10-38-18)19-16(24(30)37-7)14(32-2)9-12(22(28)35-5)20(25-19)33-3/h8-9,16H,10H2,1-7H3. The third-order valence-corrected chi connectivity index (χ3v) is 5.66.